The van der Waals surface area contributed by atoms with Crippen LogP contribution in [-0.4, -0.2) is 43.6 Å². The molecule has 114 valence electrons. The van der Waals surface area contributed by atoms with Crippen molar-refractivity contribution in [3.8, 4) is 0 Å². The lowest BCUT2D eigenvalue weighted by Gasteiger charge is -2.28. The lowest BCUT2D eigenvalue weighted by molar-refractivity contribution is -0.133. The van der Waals surface area contributed by atoms with Gasteiger partial charge in [-0.05, 0) is 30.4 Å². The molecule has 1 heterocycles. The van der Waals surface area contributed by atoms with Crippen molar-refractivity contribution in [2.45, 2.75) is 31.8 Å². The third-order valence-corrected chi connectivity index (χ3v) is 4.42. The molecule has 1 aliphatic heterocycles. The number of nitrogens with one attached hydrogen (secondary N) is 1. The van der Waals surface area contributed by atoms with Crippen LogP contribution in [0.1, 0.15) is 36.5 Å². The molecule has 1 aromatic rings. The van der Waals surface area contributed by atoms with Crippen LogP contribution in [0.15, 0.2) is 24.3 Å². The van der Waals surface area contributed by atoms with Gasteiger partial charge in [-0.25, -0.2) is 0 Å². The first kappa shape index (κ1) is 14.5. The molecular weight excluding hydrogens is 264 g/mol. The second kappa shape index (κ2) is 7.05. The number of ether oxygens (including phenoxy) is 1. The molecule has 1 unspecified atom stereocenters. The zero-order chi connectivity index (χ0) is 14.5. The fourth-order valence-corrected chi connectivity index (χ4v) is 3.24. The summed E-state index contributed by atoms with van der Waals surface area (Å²) in [5.41, 5.74) is 2.72. The Morgan fingerprint density at radius 1 is 1.29 bits per heavy atom. The number of aryl methyl sites for hydroxylation is 1. The van der Waals surface area contributed by atoms with Gasteiger partial charge in [-0.1, -0.05) is 24.3 Å². The summed E-state index contributed by atoms with van der Waals surface area (Å²) < 4.78 is 6.01. The van der Waals surface area contributed by atoms with Crippen LogP contribution < -0.4 is 5.32 Å². The third-order valence-electron chi connectivity index (χ3n) is 4.42. The van der Waals surface area contributed by atoms with Crippen molar-refractivity contribution < 1.29 is 9.53 Å². The molecule has 3 rings (SSSR count). The molecule has 0 spiro atoms. The molecule has 0 bridgehead atoms. The van der Waals surface area contributed by atoms with E-state index in [2.05, 4.69) is 29.6 Å². The summed E-state index contributed by atoms with van der Waals surface area (Å²) in [7, 11) is 0. The van der Waals surface area contributed by atoms with Crippen molar-refractivity contribution in [1.29, 1.82) is 0 Å². The van der Waals surface area contributed by atoms with Gasteiger partial charge in [-0.2, -0.15) is 0 Å². The topological polar surface area (TPSA) is 41.6 Å². The average Bonchev–Trinajstić information content (AvgIpc) is 2.56. The summed E-state index contributed by atoms with van der Waals surface area (Å²) in [6.45, 7) is 3.99. The fourth-order valence-electron chi connectivity index (χ4n) is 3.24. The Kier molecular flexibility index (Phi) is 4.88. The first-order valence-corrected chi connectivity index (χ1v) is 8.02. The molecule has 1 fully saturated rings. The molecule has 1 atom stereocenters. The number of carbonyl (C=O) groups excluding carboxylic acids is 1. The second-order valence-electron chi connectivity index (χ2n) is 5.83. The van der Waals surface area contributed by atoms with Gasteiger partial charge in [0.1, 0.15) is 0 Å². The van der Waals surface area contributed by atoms with Crippen molar-refractivity contribution in [2.24, 2.45) is 0 Å². The number of hydrogen-bond acceptors (Lipinski definition) is 3. The fraction of sp³-hybridized carbons (Fsp3) is 0.588. The normalized spacial score (nSPS) is 21.9. The van der Waals surface area contributed by atoms with E-state index in [1.807, 2.05) is 4.90 Å². The Bertz CT molecular complexity index is 483. The quantitative estimate of drug-likeness (QED) is 0.920. The Morgan fingerprint density at radius 2 is 2.10 bits per heavy atom. The molecule has 0 radical (unpaired) electrons. The minimum Gasteiger partial charge on any atom is -0.373 e. The summed E-state index contributed by atoms with van der Waals surface area (Å²) >= 11 is 0. The lowest BCUT2D eigenvalue weighted by atomic mass is 9.89. The molecule has 1 N–H and O–H groups in total. The van der Waals surface area contributed by atoms with Crippen LogP contribution in [0.25, 0.3) is 0 Å². The van der Waals surface area contributed by atoms with E-state index >= 15 is 0 Å². The van der Waals surface area contributed by atoms with Gasteiger partial charge in [0.05, 0.1) is 19.1 Å². The number of amides is 1. The van der Waals surface area contributed by atoms with Crippen LogP contribution in [0.5, 0.6) is 0 Å². The molecule has 1 aliphatic carbocycles. The smallest absolute Gasteiger partial charge is 0.224 e. The number of fused-ring (bicyclic) bond motifs is 1. The zero-order valence-corrected chi connectivity index (χ0v) is 12.5. The molecule has 0 aromatic heterocycles. The van der Waals surface area contributed by atoms with Crippen LogP contribution in [0.2, 0.25) is 0 Å². The molecule has 1 aromatic carbocycles. The molecule has 4 nitrogen and oxygen atoms in total. The average molecular weight is 288 g/mol. The lowest BCUT2D eigenvalue weighted by Crippen LogP contribution is -2.46. The van der Waals surface area contributed by atoms with Crippen LogP contribution >= 0.6 is 0 Å². The van der Waals surface area contributed by atoms with E-state index < -0.39 is 0 Å². The number of carbonyl (C=O) groups is 1. The maximum absolute atomic E-state index is 12.1. The van der Waals surface area contributed by atoms with Gasteiger partial charge >= 0.3 is 0 Å². The highest BCUT2D eigenvalue weighted by Gasteiger charge is 2.21. The maximum Gasteiger partial charge on any atom is 0.224 e. The van der Waals surface area contributed by atoms with Gasteiger partial charge in [0.2, 0.25) is 5.91 Å². The molecule has 4 heteroatoms. The Morgan fingerprint density at radius 3 is 2.95 bits per heavy atom. The number of piperazine rings is 1. The van der Waals surface area contributed by atoms with Crippen molar-refractivity contribution in [2.75, 3.05) is 32.8 Å². The Balaban J connectivity index is 1.48. The van der Waals surface area contributed by atoms with Gasteiger partial charge in [-0.15, -0.1) is 0 Å². The maximum atomic E-state index is 12.1. The zero-order valence-electron chi connectivity index (χ0n) is 12.5. The molecule has 1 saturated heterocycles. The summed E-state index contributed by atoms with van der Waals surface area (Å²) in [6.07, 6.45) is 4.06. The standard InChI is InChI=1S/C17H24N2O2/c20-17(19-11-9-18-10-12-19)8-13-21-16-7-3-5-14-4-1-2-6-15(14)16/h1-2,4,6,16,18H,3,5,7-13H2. The highest BCUT2D eigenvalue weighted by atomic mass is 16.5. The monoisotopic (exact) mass is 288 g/mol. The number of nitrogens with zero attached hydrogens (tertiary/aromatic N) is 1. The van der Waals surface area contributed by atoms with Gasteiger partial charge in [0, 0.05) is 26.2 Å². The van der Waals surface area contributed by atoms with Crippen molar-refractivity contribution in [1.82, 2.24) is 10.2 Å². The van der Waals surface area contributed by atoms with Gasteiger partial charge in [0.25, 0.3) is 0 Å². The van der Waals surface area contributed by atoms with Crippen molar-refractivity contribution >= 4 is 5.91 Å². The minimum absolute atomic E-state index is 0.172. The van der Waals surface area contributed by atoms with E-state index in [0.29, 0.717) is 13.0 Å². The summed E-state index contributed by atoms with van der Waals surface area (Å²) in [5, 5.41) is 3.26. The minimum atomic E-state index is 0.172. The summed E-state index contributed by atoms with van der Waals surface area (Å²) in [6, 6.07) is 8.52. The van der Waals surface area contributed by atoms with Crippen LogP contribution in [-0.2, 0) is 16.0 Å². The van der Waals surface area contributed by atoms with Gasteiger partial charge in [-0.3, -0.25) is 4.79 Å². The van der Waals surface area contributed by atoms with Crippen LogP contribution in [0, 0.1) is 0 Å². The molecule has 2 aliphatic rings. The van der Waals surface area contributed by atoms with Crippen molar-refractivity contribution in [3.05, 3.63) is 35.4 Å². The highest BCUT2D eigenvalue weighted by Crippen LogP contribution is 2.32. The molecule has 21 heavy (non-hydrogen) atoms. The SMILES string of the molecule is O=C(CCOC1CCCc2ccccc21)N1CCNCC1. The largest absolute Gasteiger partial charge is 0.373 e. The van der Waals surface area contributed by atoms with Gasteiger partial charge < -0.3 is 15.0 Å². The molecule has 1 amide bonds. The van der Waals surface area contributed by atoms with E-state index in [0.717, 1.165) is 39.0 Å². The predicted octanol–water partition coefficient (Wildman–Crippen LogP) is 1.90. The van der Waals surface area contributed by atoms with E-state index in [-0.39, 0.29) is 12.0 Å². The predicted molar refractivity (Wildman–Crippen MR) is 82.1 cm³/mol. The van der Waals surface area contributed by atoms with E-state index in [1.54, 1.807) is 0 Å². The number of benzene rings is 1. The first-order chi connectivity index (χ1) is 10.3. The Hall–Kier alpha value is -1.39. The molecule has 0 saturated carbocycles. The van der Waals surface area contributed by atoms with Gasteiger partial charge in [0.15, 0.2) is 0 Å². The van der Waals surface area contributed by atoms with Crippen molar-refractivity contribution in [3.63, 3.8) is 0 Å². The summed E-state index contributed by atoms with van der Waals surface area (Å²) in [5.74, 6) is 0.223. The highest BCUT2D eigenvalue weighted by molar-refractivity contribution is 5.76. The van der Waals surface area contributed by atoms with E-state index in [4.69, 9.17) is 4.74 Å². The molecular formula is C17H24N2O2. The van der Waals surface area contributed by atoms with Crippen LogP contribution in [0.3, 0.4) is 0 Å². The first-order valence-electron chi connectivity index (χ1n) is 8.02. The summed E-state index contributed by atoms with van der Waals surface area (Å²) in [4.78, 5) is 14.0. The number of hydrogen-bond donors (Lipinski definition) is 1. The Labute approximate surface area is 126 Å². The third kappa shape index (κ3) is 3.63. The second-order valence-corrected chi connectivity index (χ2v) is 5.83. The van der Waals surface area contributed by atoms with E-state index in [9.17, 15) is 4.79 Å². The number of rotatable bonds is 4. The van der Waals surface area contributed by atoms with Crippen LogP contribution in [0.4, 0.5) is 0 Å². The van der Waals surface area contributed by atoms with E-state index in [1.165, 1.54) is 17.5 Å².